The predicted molar refractivity (Wildman–Crippen MR) is 122 cm³/mol. The van der Waals surface area contributed by atoms with E-state index in [2.05, 4.69) is 15.2 Å². The summed E-state index contributed by atoms with van der Waals surface area (Å²) in [5.41, 5.74) is 1.40. The summed E-state index contributed by atoms with van der Waals surface area (Å²) in [6, 6.07) is 12.8. The minimum Gasteiger partial charge on any atom is -0.493 e. The fourth-order valence-corrected chi connectivity index (χ4v) is 4.55. The van der Waals surface area contributed by atoms with Gasteiger partial charge in [-0.3, -0.25) is 9.69 Å². The number of aliphatic hydroxyl groups is 1. The van der Waals surface area contributed by atoms with Gasteiger partial charge in [0.25, 0.3) is 0 Å². The van der Waals surface area contributed by atoms with Gasteiger partial charge in [0.1, 0.15) is 5.75 Å². The zero-order valence-electron chi connectivity index (χ0n) is 18.6. The largest absolute Gasteiger partial charge is 0.493 e. The number of amides is 1. The lowest BCUT2D eigenvalue weighted by Gasteiger charge is -2.37. The van der Waals surface area contributed by atoms with Gasteiger partial charge in [-0.15, -0.1) is 0 Å². The molecule has 3 aromatic rings. The second kappa shape index (κ2) is 10.5. The van der Waals surface area contributed by atoms with Crippen molar-refractivity contribution in [3.8, 4) is 5.75 Å². The van der Waals surface area contributed by atoms with Gasteiger partial charge in [-0.1, -0.05) is 24.3 Å². The number of halogens is 3. The van der Waals surface area contributed by atoms with Crippen molar-refractivity contribution >= 4 is 16.8 Å². The Hall–Kier alpha value is -3.04. The molecule has 1 amide bonds. The van der Waals surface area contributed by atoms with Crippen LogP contribution in [0.15, 0.2) is 54.7 Å². The molecule has 1 aromatic heterocycles. The van der Waals surface area contributed by atoms with Crippen LogP contribution in [0.1, 0.15) is 17.5 Å². The van der Waals surface area contributed by atoms with Crippen LogP contribution in [0.25, 0.3) is 10.9 Å². The van der Waals surface area contributed by atoms with Crippen LogP contribution in [0.4, 0.5) is 13.2 Å². The molecule has 34 heavy (non-hydrogen) atoms. The number of nitrogens with one attached hydrogen (secondary N) is 2. The average molecular weight is 476 g/mol. The maximum absolute atomic E-state index is 13.0. The van der Waals surface area contributed by atoms with Gasteiger partial charge < -0.3 is 20.1 Å². The number of carbonyl (C=O) groups excluding carboxylic acids is 1. The molecule has 4 rings (SSSR count). The van der Waals surface area contributed by atoms with Gasteiger partial charge in [0.15, 0.2) is 0 Å². The van der Waals surface area contributed by atoms with E-state index in [0.717, 1.165) is 28.6 Å². The van der Waals surface area contributed by atoms with Gasteiger partial charge >= 0.3 is 6.18 Å². The Morgan fingerprint density at radius 2 is 2.00 bits per heavy atom. The monoisotopic (exact) mass is 475 g/mol. The third kappa shape index (κ3) is 5.90. The molecule has 2 atom stereocenters. The number of hydrogen-bond acceptors (Lipinski definition) is 4. The molecular formula is C25H28F3N3O3. The van der Waals surface area contributed by atoms with E-state index in [1.165, 1.54) is 12.1 Å². The highest BCUT2D eigenvalue weighted by Gasteiger charge is 2.33. The number of rotatable bonds is 8. The predicted octanol–water partition coefficient (Wildman–Crippen LogP) is 3.81. The van der Waals surface area contributed by atoms with E-state index in [4.69, 9.17) is 9.84 Å². The smallest absolute Gasteiger partial charge is 0.416 e. The molecule has 0 bridgehead atoms. The fraction of sp³-hybridized carbons (Fsp3) is 0.400. The topological polar surface area (TPSA) is 77.6 Å². The number of piperidine rings is 1. The molecule has 1 aliphatic heterocycles. The van der Waals surface area contributed by atoms with Crippen LogP contribution in [0.3, 0.4) is 0 Å². The highest BCUT2D eigenvalue weighted by Crippen LogP contribution is 2.32. The molecule has 0 radical (unpaired) electrons. The summed E-state index contributed by atoms with van der Waals surface area (Å²) in [6.07, 6.45) is -1.91. The van der Waals surface area contributed by atoms with Gasteiger partial charge in [-0.05, 0) is 36.2 Å². The van der Waals surface area contributed by atoms with Crippen molar-refractivity contribution in [3.63, 3.8) is 0 Å². The summed E-state index contributed by atoms with van der Waals surface area (Å²) in [5, 5.41) is 12.9. The number of hydrogen-bond donors (Lipinski definition) is 3. The van der Waals surface area contributed by atoms with E-state index < -0.39 is 11.7 Å². The van der Waals surface area contributed by atoms with Crippen LogP contribution < -0.4 is 10.1 Å². The minimum absolute atomic E-state index is 0.0432. The van der Waals surface area contributed by atoms with E-state index in [-0.39, 0.29) is 43.3 Å². The third-order valence-corrected chi connectivity index (χ3v) is 6.11. The van der Waals surface area contributed by atoms with Crippen molar-refractivity contribution in [3.05, 3.63) is 65.9 Å². The number of likely N-dealkylation sites (tertiary alicyclic amines) is 1. The quantitative estimate of drug-likeness (QED) is 0.463. The molecule has 0 spiro atoms. The minimum atomic E-state index is -4.43. The highest BCUT2D eigenvalue weighted by molar-refractivity contribution is 5.83. The first kappa shape index (κ1) is 24.1. The van der Waals surface area contributed by atoms with Gasteiger partial charge in [0.2, 0.25) is 5.91 Å². The number of nitrogens with zero attached hydrogens (tertiary/aromatic N) is 1. The number of para-hydroxylation sites is 1. The normalized spacial score (nSPS) is 19.3. The summed E-state index contributed by atoms with van der Waals surface area (Å²) in [5.74, 6) is -0.328. The molecule has 0 unspecified atom stereocenters. The number of fused-ring (bicyclic) bond motifs is 1. The second-order valence-electron chi connectivity index (χ2n) is 8.70. The molecule has 0 saturated carbocycles. The average Bonchev–Trinajstić information content (AvgIpc) is 3.23. The molecule has 1 aliphatic rings. The zero-order valence-corrected chi connectivity index (χ0v) is 18.6. The number of carbonyl (C=O) groups is 1. The first-order valence-electron chi connectivity index (χ1n) is 11.3. The Bertz CT molecular complexity index is 1120. The van der Waals surface area contributed by atoms with E-state index in [1.807, 2.05) is 30.5 Å². The first-order valence-corrected chi connectivity index (χ1v) is 11.3. The Balaban J connectivity index is 1.46. The number of ether oxygens (including phenoxy) is 1. The molecule has 1 fully saturated rings. The lowest BCUT2D eigenvalue weighted by Crippen LogP contribution is -2.47. The zero-order chi connectivity index (χ0) is 24.1. The van der Waals surface area contributed by atoms with Crippen LogP contribution in [-0.2, 0) is 17.5 Å². The van der Waals surface area contributed by atoms with Gasteiger partial charge in [-0.25, -0.2) is 0 Å². The Labute approximate surface area is 195 Å². The summed E-state index contributed by atoms with van der Waals surface area (Å²) in [7, 11) is 0. The van der Waals surface area contributed by atoms with Crippen molar-refractivity contribution in [1.82, 2.24) is 15.2 Å². The van der Waals surface area contributed by atoms with Crippen molar-refractivity contribution in [1.29, 1.82) is 0 Å². The van der Waals surface area contributed by atoms with Crippen LogP contribution in [0, 0.1) is 11.8 Å². The first-order chi connectivity index (χ1) is 16.3. The van der Waals surface area contributed by atoms with E-state index >= 15 is 0 Å². The van der Waals surface area contributed by atoms with Gasteiger partial charge in [0, 0.05) is 49.2 Å². The van der Waals surface area contributed by atoms with E-state index in [1.54, 1.807) is 0 Å². The number of aliphatic hydroxyl groups excluding tert-OH is 1. The molecular weight excluding hydrogens is 447 g/mol. The lowest BCUT2D eigenvalue weighted by molar-refractivity contribution is -0.137. The van der Waals surface area contributed by atoms with E-state index in [0.29, 0.717) is 26.1 Å². The van der Waals surface area contributed by atoms with Crippen LogP contribution >= 0.6 is 0 Å². The summed E-state index contributed by atoms with van der Waals surface area (Å²) in [6.45, 7) is 2.09. The number of aromatic amines is 1. The van der Waals surface area contributed by atoms with Crippen molar-refractivity contribution < 1.29 is 27.8 Å². The maximum atomic E-state index is 13.0. The lowest BCUT2D eigenvalue weighted by atomic mass is 9.88. The summed E-state index contributed by atoms with van der Waals surface area (Å²) < 4.78 is 44.8. The molecule has 0 aliphatic carbocycles. The number of benzene rings is 2. The standard InChI is InChI=1S/C25H28F3N3O3/c26-25(27,28)20-4-3-5-21(11-20)34-16-17-10-18(24(33)29-8-9-32)14-31(13-17)15-19-12-30-23-7-2-1-6-22(19)23/h1-7,11-12,17-18,30,32H,8-10,13-16H2,(H,29,33)/t17-,18+/m0/s1. The third-order valence-electron chi connectivity index (χ3n) is 6.11. The van der Waals surface area contributed by atoms with Crippen LogP contribution in [-0.4, -0.2) is 53.7 Å². The Kier molecular flexibility index (Phi) is 7.43. The fourth-order valence-electron chi connectivity index (χ4n) is 4.55. The number of aromatic nitrogens is 1. The maximum Gasteiger partial charge on any atom is 0.416 e. The number of H-pyrrole nitrogens is 1. The van der Waals surface area contributed by atoms with Crippen molar-refractivity contribution in [2.75, 3.05) is 32.8 Å². The molecule has 3 N–H and O–H groups in total. The SMILES string of the molecule is O=C(NCCO)[C@@H]1C[C@H](COc2cccc(C(F)(F)F)c2)CN(Cc2c[nH]c3ccccc23)C1. The van der Waals surface area contributed by atoms with E-state index in [9.17, 15) is 18.0 Å². The molecule has 182 valence electrons. The Morgan fingerprint density at radius 1 is 1.18 bits per heavy atom. The highest BCUT2D eigenvalue weighted by atomic mass is 19.4. The van der Waals surface area contributed by atoms with Crippen molar-refractivity contribution in [2.24, 2.45) is 11.8 Å². The molecule has 6 nitrogen and oxygen atoms in total. The summed E-state index contributed by atoms with van der Waals surface area (Å²) in [4.78, 5) is 18.1. The second-order valence-corrected chi connectivity index (χ2v) is 8.70. The Morgan fingerprint density at radius 3 is 2.79 bits per heavy atom. The van der Waals surface area contributed by atoms with Crippen LogP contribution in [0.5, 0.6) is 5.75 Å². The number of alkyl halides is 3. The molecule has 9 heteroatoms. The van der Waals surface area contributed by atoms with Crippen LogP contribution in [0.2, 0.25) is 0 Å². The molecule has 1 saturated heterocycles. The molecule has 2 heterocycles. The summed E-state index contributed by atoms with van der Waals surface area (Å²) >= 11 is 0. The molecule has 2 aromatic carbocycles. The van der Waals surface area contributed by atoms with Gasteiger partial charge in [0.05, 0.1) is 24.7 Å². The van der Waals surface area contributed by atoms with Crippen molar-refractivity contribution in [2.45, 2.75) is 19.1 Å². The van der Waals surface area contributed by atoms with Gasteiger partial charge in [-0.2, -0.15) is 13.2 Å².